The minimum atomic E-state index is -0.395. The summed E-state index contributed by atoms with van der Waals surface area (Å²) in [5, 5.41) is 0. The summed E-state index contributed by atoms with van der Waals surface area (Å²) in [5.74, 6) is -0.0395. The molecule has 25 heavy (non-hydrogen) atoms. The summed E-state index contributed by atoms with van der Waals surface area (Å²) >= 11 is 1.51. The maximum Gasteiger partial charge on any atom is 0.279 e. The zero-order valence-electron chi connectivity index (χ0n) is 14.5. The highest BCUT2D eigenvalue weighted by Gasteiger charge is 2.17. The van der Waals surface area contributed by atoms with Crippen LogP contribution in [0.1, 0.15) is 44.1 Å². The predicted molar refractivity (Wildman–Crippen MR) is 98.0 cm³/mol. The Kier molecular flexibility index (Phi) is 5.38. The van der Waals surface area contributed by atoms with Crippen LogP contribution in [0.2, 0.25) is 0 Å². The highest BCUT2D eigenvalue weighted by atomic mass is 32.1. The van der Waals surface area contributed by atoms with Crippen molar-refractivity contribution in [2.45, 2.75) is 39.5 Å². The Labute approximate surface area is 151 Å². The summed E-state index contributed by atoms with van der Waals surface area (Å²) < 4.78 is 5.45. The molecule has 1 aliphatic rings. The lowest BCUT2D eigenvalue weighted by molar-refractivity contribution is -0.123. The summed E-state index contributed by atoms with van der Waals surface area (Å²) in [6.45, 7) is 3.86. The van der Waals surface area contributed by atoms with Crippen LogP contribution in [-0.4, -0.2) is 18.4 Å². The topological polar surface area (TPSA) is 67.4 Å². The Morgan fingerprint density at radius 1 is 1.08 bits per heavy atom. The molecule has 0 saturated heterocycles. The van der Waals surface area contributed by atoms with E-state index in [-0.39, 0.29) is 12.5 Å². The molecule has 1 heterocycles. The number of amides is 2. The molecule has 0 atom stereocenters. The van der Waals surface area contributed by atoms with Gasteiger partial charge in [0, 0.05) is 4.88 Å². The summed E-state index contributed by atoms with van der Waals surface area (Å²) in [4.78, 5) is 26.0. The summed E-state index contributed by atoms with van der Waals surface area (Å²) in [7, 11) is 0. The van der Waals surface area contributed by atoms with Crippen LogP contribution in [0.4, 0.5) is 0 Å². The first-order valence-corrected chi connectivity index (χ1v) is 9.25. The van der Waals surface area contributed by atoms with Crippen molar-refractivity contribution in [3.05, 3.63) is 50.7 Å². The second kappa shape index (κ2) is 7.70. The zero-order chi connectivity index (χ0) is 17.8. The molecule has 0 fully saturated rings. The van der Waals surface area contributed by atoms with Gasteiger partial charge in [-0.25, -0.2) is 0 Å². The van der Waals surface area contributed by atoms with Crippen LogP contribution in [0.5, 0.6) is 5.75 Å². The van der Waals surface area contributed by atoms with Crippen LogP contribution < -0.4 is 15.6 Å². The lowest BCUT2D eigenvalue weighted by atomic mass is 9.99. The minimum absolute atomic E-state index is 0.149. The van der Waals surface area contributed by atoms with E-state index < -0.39 is 5.91 Å². The zero-order valence-corrected chi connectivity index (χ0v) is 15.3. The molecule has 3 rings (SSSR count). The fourth-order valence-electron chi connectivity index (χ4n) is 2.78. The second-order valence-corrected chi connectivity index (χ2v) is 7.44. The highest BCUT2D eigenvalue weighted by Crippen LogP contribution is 2.29. The van der Waals surface area contributed by atoms with Crippen molar-refractivity contribution in [1.82, 2.24) is 10.9 Å². The van der Waals surface area contributed by atoms with Crippen molar-refractivity contribution < 1.29 is 14.3 Å². The van der Waals surface area contributed by atoms with Crippen molar-refractivity contribution >= 4 is 23.2 Å². The van der Waals surface area contributed by atoms with E-state index in [4.69, 9.17) is 4.74 Å². The van der Waals surface area contributed by atoms with E-state index in [9.17, 15) is 9.59 Å². The Morgan fingerprint density at radius 2 is 1.88 bits per heavy atom. The average molecular weight is 358 g/mol. The van der Waals surface area contributed by atoms with Gasteiger partial charge in [-0.05, 0) is 74.4 Å². The molecular weight excluding hydrogens is 336 g/mol. The maximum atomic E-state index is 12.2. The van der Waals surface area contributed by atoms with E-state index in [0.717, 1.165) is 18.4 Å². The van der Waals surface area contributed by atoms with E-state index in [1.807, 2.05) is 38.1 Å². The fraction of sp³-hybridized carbons (Fsp3) is 0.368. The number of thiophene rings is 1. The summed E-state index contributed by atoms with van der Waals surface area (Å²) in [5.41, 5.74) is 8.40. The molecule has 6 heteroatoms. The number of rotatable bonds is 4. The molecular formula is C19H22N2O3S. The Bertz CT molecular complexity index is 774. The summed E-state index contributed by atoms with van der Waals surface area (Å²) in [6, 6.07) is 7.59. The Balaban J connectivity index is 1.47. The molecule has 0 bridgehead atoms. The molecule has 0 saturated carbocycles. The molecule has 5 nitrogen and oxygen atoms in total. The quantitative estimate of drug-likeness (QED) is 0.826. The van der Waals surface area contributed by atoms with E-state index in [1.54, 1.807) is 0 Å². The molecule has 1 aliphatic carbocycles. The maximum absolute atomic E-state index is 12.2. The number of aryl methyl sites for hydroxylation is 4. The Morgan fingerprint density at radius 3 is 2.64 bits per heavy atom. The SMILES string of the molecule is Cc1ccc(OCC(=O)NNC(=O)c2cc3c(s2)CCCC3)cc1C. The smallest absolute Gasteiger partial charge is 0.279 e. The monoisotopic (exact) mass is 358 g/mol. The number of hydrogen-bond acceptors (Lipinski definition) is 4. The van der Waals surface area contributed by atoms with Gasteiger partial charge in [-0.2, -0.15) is 0 Å². The average Bonchev–Trinajstić information content (AvgIpc) is 3.05. The number of benzene rings is 1. The number of carbonyl (C=O) groups is 2. The van der Waals surface area contributed by atoms with E-state index in [0.29, 0.717) is 10.6 Å². The van der Waals surface area contributed by atoms with E-state index in [1.165, 1.54) is 40.2 Å². The molecule has 0 unspecified atom stereocenters. The van der Waals surface area contributed by atoms with Gasteiger partial charge in [-0.1, -0.05) is 6.07 Å². The molecule has 0 radical (unpaired) electrons. The van der Waals surface area contributed by atoms with Crippen LogP contribution in [0.25, 0.3) is 0 Å². The first-order chi connectivity index (χ1) is 12.0. The van der Waals surface area contributed by atoms with Gasteiger partial charge < -0.3 is 4.74 Å². The van der Waals surface area contributed by atoms with Gasteiger partial charge in [0.2, 0.25) is 0 Å². The molecule has 1 aromatic carbocycles. The lowest BCUT2D eigenvalue weighted by Gasteiger charge is -2.09. The molecule has 0 aliphatic heterocycles. The van der Waals surface area contributed by atoms with Crippen LogP contribution >= 0.6 is 11.3 Å². The first-order valence-electron chi connectivity index (χ1n) is 8.44. The third-order valence-electron chi connectivity index (χ3n) is 4.38. The van der Waals surface area contributed by atoms with Crippen LogP contribution in [-0.2, 0) is 17.6 Å². The largest absolute Gasteiger partial charge is 0.484 e. The van der Waals surface area contributed by atoms with Crippen LogP contribution in [0.3, 0.4) is 0 Å². The third-order valence-corrected chi connectivity index (χ3v) is 5.62. The Hall–Kier alpha value is -2.34. The van der Waals surface area contributed by atoms with Crippen molar-refractivity contribution in [2.75, 3.05) is 6.61 Å². The predicted octanol–water partition coefficient (Wildman–Crippen LogP) is 3.08. The number of ether oxygens (including phenoxy) is 1. The number of hydrogen-bond donors (Lipinski definition) is 2. The standard InChI is InChI=1S/C19H22N2O3S/c1-12-7-8-15(9-13(12)2)24-11-18(22)20-21-19(23)17-10-14-5-3-4-6-16(14)25-17/h7-10H,3-6,11H2,1-2H3,(H,20,22)(H,21,23). The molecule has 2 N–H and O–H groups in total. The van der Waals surface area contributed by atoms with Gasteiger partial charge in [0.1, 0.15) is 5.75 Å². The highest BCUT2D eigenvalue weighted by molar-refractivity contribution is 7.14. The molecule has 2 amide bonds. The molecule has 1 aromatic heterocycles. The minimum Gasteiger partial charge on any atom is -0.484 e. The third kappa shape index (κ3) is 4.39. The number of carbonyl (C=O) groups excluding carboxylic acids is 2. The normalized spacial score (nSPS) is 13.0. The van der Waals surface area contributed by atoms with Gasteiger partial charge >= 0.3 is 0 Å². The van der Waals surface area contributed by atoms with Crippen molar-refractivity contribution in [3.63, 3.8) is 0 Å². The number of fused-ring (bicyclic) bond motifs is 1. The first kappa shape index (κ1) is 17.5. The van der Waals surface area contributed by atoms with Crippen molar-refractivity contribution in [1.29, 1.82) is 0 Å². The van der Waals surface area contributed by atoms with Crippen molar-refractivity contribution in [2.24, 2.45) is 0 Å². The van der Waals surface area contributed by atoms with Gasteiger partial charge in [0.15, 0.2) is 6.61 Å². The van der Waals surface area contributed by atoms with Gasteiger partial charge in [-0.3, -0.25) is 20.4 Å². The van der Waals surface area contributed by atoms with E-state index in [2.05, 4.69) is 10.9 Å². The van der Waals surface area contributed by atoms with Gasteiger partial charge in [0.05, 0.1) is 4.88 Å². The lowest BCUT2D eigenvalue weighted by Crippen LogP contribution is -2.43. The van der Waals surface area contributed by atoms with Gasteiger partial charge in [0.25, 0.3) is 11.8 Å². The number of nitrogens with one attached hydrogen (secondary N) is 2. The van der Waals surface area contributed by atoms with E-state index >= 15 is 0 Å². The second-order valence-electron chi connectivity index (χ2n) is 6.30. The van der Waals surface area contributed by atoms with Crippen molar-refractivity contribution in [3.8, 4) is 5.75 Å². The molecule has 0 spiro atoms. The van der Waals surface area contributed by atoms with Crippen LogP contribution in [0, 0.1) is 13.8 Å². The molecule has 132 valence electrons. The molecule has 2 aromatic rings. The number of hydrazine groups is 1. The summed E-state index contributed by atoms with van der Waals surface area (Å²) in [6.07, 6.45) is 4.44. The fourth-order valence-corrected chi connectivity index (χ4v) is 3.93. The van der Waals surface area contributed by atoms with Gasteiger partial charge in [-0.15, -0.1) is 11.3 Å². The van der Waals surface area contributed by atoms with Crippen LogP contribution in [0.15, 0.2) is 24.3 Å².